The molecule has 1 unspecified atom stereocenters. The molecule has 1 aliphatic heterocycles. The van der Waals surface area contributed by atoms with E-state index in [1.165, 1.54) is 6.92 Å². The van der Waals surface area contributed by atoms with Crippen LogP contribution >= 0.6 is 0 Å². The Kier molecular flexibility index (Phi) is 3.49. The van der Waals surface area contributed by atoms with Crippen LogP contribution in [0, 0.1) is 0 Å². The Hall–Kier alpha value is -0.620. The molecule has 82 valence electrons. The van der Waals surface area contributed by atoms with E-state index < -0.39 is 22.0 Å². The molecule has 0 bridgehead atoms. The zero-order chi connectivity index (χ0) is 10.8. The van der Waals surface area contributed by atoms with E-state index in [4.69, 9.17) is 5.11 Å². The summed E-state index contributed by atoms with van der Waals surface area (Å²) in [5.74, 6) is -1.07. The third-order valence-electron chi connectivity index (χ3n) is 2.46. The highest BCUT2D eigenvalue weighted by atomic mass is 32.2. The second-order valence-corrected chi connectivity index (χ2v) is 5.57. The Bertz CT molecular complexity index is 311. The van der Waals surface area contributed by atoms with Crippen LogP contribution in [-0.2, 0) is 14.8 Å². The summed E-state index contributed by atoms with van der Waals surface area (Å²) in [6, 6.07) is -0.853. The fourth-order valence-corrected chi connectivity index (χ4v) is 2.97. The molecule has 0 spiro atoms. The smallest absolute Gasteiger partial charge is 0.322 e. The first-order chi connectivity index (χ1) is 6.49. The van der Waals surface area contributed by atoms with Crippen LogP contribution in [0.4, 0.5) is 0 Å². The summed E-state index contributed by atoms with van der Waals surface area (Å²) in [4.78, 5) is 10.8. The molecule has 0 aromatic heterocycles. The first kappa shape index (κ1) is 11.5. The van der Waals surface area contributed by atoms with E-state index in [0.717, 1.165) is 17.1 Å². The Balaban J connectivity index is 2.88. The van der Waals surface area contributed by atoms with Gasteiger partial charge in [-0.2, -0.15) is 4.31 Å². The molecule has 0 aromatic rings. The molecule has 0 aliphatic carbocycles. The van der Waals surface area contributed by atoms with Crippen LogP contribution < -0.4 is 0 Å². The van der Waals surface area contributed by atoms with Gasteiger partial charge in [0.25, 0.3) is 0 Å². The van der Waals surface area contributed by atoms with Crippen LogP contribution in [-0.4, -0.2) is 42.1 Å². The van der Waals surface area contributed by atoms with Crippen LogP contribution in [0.25, 0.3) is 0 Å². The van der Waals surface area contributed by atoms with Gasteiger partial charge in [0.2, 0.25) is 10.0 Å². The molecule has 0 radical (unpaired) electrons. The predicted octanol–water partition coefficient (Wildman–Crippen LogP) is 0.275. The fourth-order valence-electron chi connectivity index (χ4n) is 1.65. The number of sulfonamides is 1. The van der Waals surface area contributed by atoms with E-state index in [1.54, 1.807) is 0 Å². The number of piperidine rings is 1. The molecule has 1 N–H and O–H groups in total. The van der Waals surface area contributed by atoms with E-state index in [1.807, 2.05) is 0 Å². The van der Waals surface area contributed by atoms with Crippen molar-refractivity contribution in [3.63, 3.8) is 0 Å². The highest BCUT2D eigenvalue weighted by Gasteiger charge is 2.35. The number of rotatable bonds is 3. The largest absolute Gasteiger partial charge is 0.480 e. The van der Waals surface area contributed by atoms with Crippen LogP contribution in [0.1, 0.15) is 26.2 Å². The van der Waals surface area contributed by atoms with Gasteiger partial charge < -0.3 is 5.11 Å². The van der Waals surface area contributed by atoms with Gasteiger partial charge in [-0.25, -0.2) is 8.42 Å². The fraction of sp³-hybridized carbons (Fsp3) is 0.875. The zero-order valence-corrected chi connectivity index (χ0v) is 8.96. The maximum Gasteiger partial charge on any atom is 0.322 e. The Morgan fingerprint density at radius 2 is 2.14 bits per heavy atom. The first-order valence-corrected chi connectivity index (χ1v) is 6.32. The zero-order valence-electron chi connectivity index (χ0n) is 8.14. The van der Waals surface area contributed by atoms with Crippen molar-refractivity contribution in [2.45, 2.75) is 32.2 Å². The van der Waals surface area contributed by atoms with E-state index in [2.05, 4.69) is 0 Å². The van der Waals surface area contributed by atoms with Crippen LogP contribution in [0.15, 0.2) is 0 Å². The summed E-state index contributed by atoms with van der Waals surface area (Å²) in [6.45, 7) is 1.87. The average molecular weight is 221 g/mol. The average Bonchev–Trinajstić information content (AvgIpc) is 2.18. The summed E-state index contributed by atoms with van der Waals surface area (Å²) in [6.07, 6.45) is 1.96. The molecule has 5 nitrogen and oxygen atoms in total. The third kappa shape index (κ3) is 2.24. The quantitative estimate of drug-likeness (QED) is 0.742. The topological polar surface area (TPSA) is 74.7 Å². The maximum atomic E-state index is 11.5. The van der Waals surface area contributed by atoms with E-state index in [-0.39, 0.29) is 5.75 Å². The number of nitrogens with zero attached hydrogens (tertiary/aromatic N) is 1. The van der Waals surface area contributed by atoms with Crippen molar-refractivity contribution in [1.29, 1.82) is 0 Å². The molecular weight excluding hydrogens is 206 g/mol. The van der Waals surface area contributed by atoms with Gasteiger partial charge in [0.1, 0.15) is 6.04 Å². The molecule has 1 heterocycles. The molecule has 1 atom stereocenters. The Labute approximate surface area is 83.8 Å². The molecule has 6 heteroatoms. The van der Waals surface area contributed by atoms with Gasteiger partial charge in [-0.05, 0) is 26.2 Å². The normalized spacial score (nSPS) is 24.8. The number of hydrogen-bond donors (Lipinski definition) is 1. The van der Waals surface area contributed by atoms with Gasteiger partial charge in [-0.3, -0.25) is 4.79 Å². The highest BCUT2D eigenvalue weighted by Crippen LogP contribution is 2.20. The maximum absolute atomic E-state index is 11.5. The minimum atomic E-state index is -3.36. The van der Waals surface area contributed by atoms with Gasteiger partial charge in [-0.1, -0.05) is 0 Å². The number of aliphatic carboxylic acids is 1. The predicted molar refractivity (Wildman–Crippen MR) is 51.4 cm³/mol. The molecule has 14 heavy (non-hydrogen) atoms. The van der Waals surface area contributed by atoms with Crippen molar-refractivity contribution in [3.8, 4) is 0 Å². The lowest BCUT2D eigenvalue weighted by Crippen LogP contribution is -2.48. The summed E-state index contributed by atoms with van der Waals surface area (Å²) in [7, 11) is -3.36. The van der Waals surface area contributed by atoms with Crippen LogP contribution in [0.5, 0.6) is 0 Å². The van der Waals surface area contributed by atoms with E-state index in [0.29, 0.717) is 13.0 Å². The Morgan fingerprint density at radius 3 is 2.64 bits per heavy atom. The number of carboxylic acids is 1. The lowest BCUT2D eigenvalue weighted by molar-refractivity contribution is -0.142. The van der Waals surface area contributed by atoms with Crippen molar-refractivity contribution >= 4 is 16.0 Å². The molecule has 1 saturated heterocycles. The monoisotopic (exact) mass is 221 g/mol. The molecule has 0 saturated carbocycles. The minimum absolute atomic E-state index is 0.0310. The van der Waals surface area contributed by atoms with Gasteiger partial charge in [0.15, 0.2) is 0 Å². The summed E-state index contributed by atoms with van der Waals surface area (Å²) >= 11 is 0. The number of carboxylic acid groups (broad SMARTS) is 1. The van der Waals surface area contributed by atoms with Gasteiger partial charge in [-0.15, -0.1) is 0 Å². The second kappa shape index (κ2) is 4.27. The van der Waals surface area contributed by atoms with Crippen molar-refractivity contribution in [2.75, 3.05) is 12.3 Å². The molecule has 0 aromatic carbocycles. The second-order valence-electron chi connectivity index (χ2n) is 3.36. The van der Waals surface area contributed by atoms with Crippen molar-refractivity contribution in [1.82, 2.24) is 4.31 Å². The SMILES string of the molecule is CCS(=O)(=O)N1CCCCC1C(=O)O. The number of hydrogen-bond acceptors (Lipinski definition) is 3. The molecule has 1 rings (SSSR count). The van der Waals surface area contributed by atoms with Crippen molar-refractivity contribution in [3.05, 3.63) is 0 Å². The van der Waals surface area contributed by atoms with E-state index >= 15 is 0 Å². The molecule has 1 aliphatic rings. The van der Waals surface area contributed by atoms with Crippen molar-refractivity contribution < 1.29 is 18.3 Å². The molecule has 0 amide bonds. The van der Waals surface area contributed by atoms with Crippen LogP contribution in [0.2, 0.25) is 0 Å². The summed E-state index contributed by atoms with van der Waals surface area (Å²) < 4.78 is 24.2. The Morgan fingerprint density at radius 1 is 1.50 bits per heavy atom. The molecule has 1 fully saturated rings. The van der Waals surface area contributed by atoms with Crippen molar-refractivity contribution in [2.24, 2.45) is 0 Å². The number of carbonyl (C=O) groups is 1. The van der Waals surface area contributed by atoms with E-state index in [9.17, 15) is 13.2 Å². The van der Waals surface area contributed by atoms with Gasteiger partial charge in [0, 0.05) is 6.54 Å². The standard InChI is InChI=1S/C8H15NO4S/c1-2-14(12,13)9-6-4-3-5-7(9)8(10)11/h7H,2-6H2,1H3,(H,10,11). The first-order valence-electron chi connectivity index (χ1n) is 4.71. The molecular formula is C8H15NO4S. The lowest BCUT2D eigenvalue weighted by Gasteiger charge is -2.31. The minimum Gasteiger partial charge on any atom is -0.480 e. The lowest BCUT2D eigenvalue weighted by atomic mass is 10.1. The summed E-state index contributed by atoms with van der Waals surface area (Å²) in [5.41, 5.74) is 0. The third-order valence-corrected chi connectivity index (χ3v) is 4.34. The summed E-state index contributed by atoms with van der Waals surface area (Å²) in [5, 5.41) is 8.86. The highest BCUT2D eigenvalue weighted by molar-refractivity contribution is 7.89. The van der Waals surface area contributed by atoms with Gasteiger partial charge >= 0.3 is 5.97 Å². The van der Waals surface area contributed by atoms with Gasteiger partial charge in [0.05, 0.1) is 5.75 Å². The van der Waals surface area contributed by atoms with Crippen LogP contribution in [0.3, 0.4) is 0 Å².